The first-order valence-electron chi connectivity index (χ1n) is 42.0. The fraction of sp³-hybridized carbons (Fsp3) is 0.841. The number of hydrogen-bond acceptors (Lipinski definition) is 11. The molecule has 0 aromatic carbocycles. The number of carbonyl (C=O) groups is 4. The molecule has 0 spiro atoms. The highest BCUT2D eigenvalue weighted by Crippen LogP contribution is 2.41. The Bertz CT molecular complexity index is 2350. The van der Waals surface area contributed by atoms with Crippen LogP contribution in [0.25, 0.3) is 0 Å². The summed E-state index contributed by atoms with van der Waals surface area (Å²) in [6.07, 6.45) is 47.3. The van der Waals surface area contributed by atoms with Crippen LogP contribution in [0.15, 0.2) is 58.7 Å². The molecule has 566 valence electrons. The minimum Gasteiger partial charge on any atom is -0.466 e. The number of unbranched alkanes of at least 4 members (excludes halogenated alkanes) is 4. The van der Waals surface area contributed by atoms with Crippen molar-refractivity contribution < 1.29 is 38.1 Å². The topological polar surface area (TPSA) is 115 Å². The number of likely N-dealkylation sites (N-methyl/N-ethyl adjacent to an activating group) is 1. The molecule has 99 heavy (non-hydrogen) atoms. The fourth-order valence-electron chi connectivity index (χ4n) is 16.3. The zero-order valence-electron chi connectivity index (χ0n) is 65.4. The molecule has 11 heteroatoms. The molecule has 0 aliphatic carbocycles. The molecular weight excluding hydrogens is 1230 g/mol. The highest BCUT2D eigenvalue weighted by atomic mass is 16.5. The molecule has 3 rings (SSSR count). The number of piperazine rings is 1. The van der Waals surface area contributed by atoms with E-state index >= 15 is 0 Å². The lowest BCUT2D eigenvalue weighted by Crippen LogP contribution is -2.44. The molecule has 8 unspecified atom stereocenters. The summed E-state index contributed by atoms with van der Waals surface area (Å²) in [6.45, 7) is 32.2. The Labute approximate surface area is 608 Å². The molecule has 0 aromatic heterocycles. The zero-order chi connectivity index (χ0) is 71.6. The lowest BCUT2D eigenvalue weighted by atomic mass is 9.71. The Morgan fingerprint density at radius 2 is 0.808 bits per heavy atom. The summed E-state index contributed by atoms with van der Waals surface area (Å²) in [4.78, 5) is 61.9. The van der Waals surface area contributed by atoms with Gasteiger partial charge in [0.1, 0.15) is 0 Å². The first kappa shape index (κ1) is 89.1. The minimum absolute atomic E-state index is 0.0355. The summed E-state index contributed by atoms with van der Waals surface area (Å²) in [5, 5.41) is 0. The molecule has 0 saturated carbocycles. The summed E-state index contributed by atoms with van der Waals surface area (Å²) in [7, 11) is 2.24. The van der Waals surface area contributed by atoms with E-state index in [0.717, 1.165) is 216 Å². The smallest absolute Gasteiger partial charge is 0.305 e. The molecule has 0 radical (unpaired) electrons. The Morgan fingerprint density at radius 1 is 0.424 bits per heavy atom. The van der Waals surface area contributed by atoms with Crippen molar-refractivity contribution in [3.63, 3.8) is 0 Å². The van der Waals surface area contributed by atoms with Crippen LogP contribution in [0.3, 0.4) is 0 Å². The van der Waals surface area contributed by atoms with Gasteiger partial charge in [-0.25, -0.2) is 0 Å². The number of hydrogen-bond donors (Lipinski definition) is 0. The Balaban J connectivity index is 1.96. The van der Waals surface area contributed by atoms with E-state index in [9.17, 15) is 19.2 Å². The van der Waals surface area contributed by atoms with Crippen LogP contribution in [-0.4, -0.2) is 124 Å². The number of esters is 4. The van der Waals surface area contributed by atoms with E-state index in [1.807, 2.05) is 0 Å². The van der Waals surface area contributed by atoms with E-state index in [4.69, 9.17) is 18.9 Å². The number of cyclic esters (lactones) is 4. The van der Waals surface area contributed by atoms with E-state index < -0.39 is 0 Å². The van der Waals surface area contributed by atoms with Gasteiger partial charge in [-0.1, -0.05) is 238 Å². The van der Waals surface area contributed by atoms with Crippen molar-refractivity contribution in [3.05, 3.63) is 58.7 Å². The number of allylic oxidation sites excluding steroid dienone is 2. The largest absolute Gasteiger partial charge is 0.466 e. The Kier molecular flexibility index (Phi) is 54.3. The molecule has 3 heterocycles. The van der Waals surface area contributed by atoms with Gasteiger partial charge in [0.05, 0.1) is 26.4 Å². The first-order valence-corrected chi connectivity index (χ1v) is 42.0. The quantitative estimate of drug-likeness (QED) is 0.0398. The number of ether oxygens (including phenoxy) is 4. The first-order chi connectivity index (χ1) is 48.4. The summed E-state index contributed by atoms with van der Waals surface area (Å²) >= 11 is 0. The normalized spacial score (nSPS) is 24.4. The average Bonchev–Trinajstić information content (AvgIpc) is 0.887. The maximum Gasteiger partial charge on any atom is 0.305 e. The predicted octanol–water partition coefficient (Wildman–Crippen LogP) is 22.2. The third-order valence-electron chi connectivity index (χ3n) is 22.7. The molecule has 3 aliphatic rings. The SMILES string of the molecule is C=C=C=C=C1C(CCCCC)CCOC(=O)CCCCCCCC(CN(CC)CC)CCCCCCCC(=O)OCCC1CCC(CC)C(CCC)CC1CCOC(=O)CCCCCCCC(CCN2CCN(C)CC2)CCCCCCCC(=O)OCCC(CCCCC)C1=C=C=C=C. The number of nitrogens with zero attached hydrogens (tertiary/aromatic N) is 3. The van der Waals surface area contributed by atoms with E-state index in [2.05, 4.69) is 111 Å². The van der Waals surface area contributed by atoms with Crippen LogP contribution >= 0.6 is 0 Å². The van der Waals surface area contributed by atoms with Gasteiger partial charge in [0.2, 0.25) is 0 Å². The van der Waals surface area contributed by atoms with Crippen LogP contribution < -0.4 is 0 Å². The summed E-state index contributed by atoms with van der Waals surface area (Å²) in [5.41, 5.74) is 21.8. The van der Waals surface area contributed by atoms with E-state index in [-0.39, 0.29) is 47.5 Å². The van der Waals surface area contributed by atoms with Crippen LogP contribution in [0.1, 0.15) is 343 Å². The summed E-state index contributed by atoms with van der Waals surface area (Å²) < 4.78 is 24.7. The highest BCUT2D eigenvalue weighted by Gasteiger charge is 2.32. The number of rotatable bonds is 24. The van der Waals surface area contributed by atoms with Gasteiger partial charge < -0.3 is 33.6 Å². The van der Waals surface area contributed by atoms with Crippen molar-refractivity contribution in [2.45, 2.75) is 343 Å². The van der Waals surface area contributed by atoms with Crippen molar-refractivity contribution in [1.82, 2.24) is 14.7 Å². The molecule has 0 amide bonds. The van der Waals surface area contributed by atoms with Gasteiger partial charge in [0.15, 0.2) is 0 Å². The summed E-state index contributed by atoms with van der Waals surface area (Å²) in [6, 6.07) is 0. The molecule has 11 nitrogen and oxygen atoms in total. The minimum atomic E-state index is -0.114. The molecule has 3 saturated heterocycles. The Hall–Kier alpha value is -4.08. The predicted molar refractivity (Wildman–Crippen MR) is 413 cm³/mol. The van der Waals surface area contributed by atoms with E-state index in [1.165, 1.54) is 110 Å². The highest BCUT2D eigenvalue weighted by molar-refractivity contribution is 5.70. The lowest BCUT2D eigenvalue weighted by Gasteiger charge is -2.34. The van der Waals surface area contributed by atoms with Crippen molar-refractivity contribution in [3.8, 4) is 0 Å². The molecular formula is C88H151N3O8. The zero-order valence-corrected chi connectivity index (χ0v) is 65.4. The van der Waals surface area contributed by atoms with Gasteiger partial charge >= 0.3 is 23.9 Å². The maximum atomic E-state index is 13.7. The summed E-state index contributed by atoms with van der Waals surface area (Å²) in [5.74, 6) is 2.02. The monoisotopic (exact) mass is 1380 g/mol. The van der Waals surface area contributed by atoms with Gasteiger partial charge in [0.25, 0.3) is 0 Å². The third kappa shape index (κ3) is 43.6. The van der Waals surface area contributed by atoms with Crippen LogP contribution in [0, 0.1) is 47.3 Å². The second-order valence-electron chi connectivity index (χ2n) is 30.5. The van der Waals surface area contributed by atoms with Crippen LogP contribution in [-0.2, 0) is 38.1 Å². The maximum absolute atomic E-state index is 13.7. The lowest BCUT2D eigenvalue weighted by molar-refractivity contribution is -0.145. The van der Waals surface area contributed by atoms with Gasteiger partial charge in [0, 0.05) is 58.4 Å². The molecule has 0 aromatic rings. The van der Waals surface area contributed by atoms with Crippen LogP contribution in [0.2, 0.25) is 0 Å². The molecule has 0 bridgehead atoms. The van der Waals surface area contributed by atoms with E-state index in [0.29, 0.717) is 89.6 Å². The van der Waals surface area contributed by atoms with Crippen LogP contribution in [0.4, 0.5) is 0 Å². The van der Waals surface area contributed by atoms with E-state index in [1.54, 1.807) is 0 Å². The molecule has 3 fully saturated rings. The third-order valence-corrected chi connectivity index (χ3v) is 22.7. The Morgan fingerprint density at radius 3 is 1.20 bits per heavy atom. The van der Waals surface area contributed by atoms with Crippen molar-refractivity contribution in [2.75, 3.05) is 85.8 Å². The standard InChI is InChI=1S/C88H151N3O8/c1-10-18-34-49-78-60-69-96-85(92)54-42-32-24-28-38-47-76(74-90(16-7)17-8)48-39-29-25-33-43-55-87(94)98-71-62-80(83(78)51-20-12-3)58-57-77(15-6)81(44-14-5)73-82-63-72-99-88(95)56-41-31-23-27-37-46-75(59-64-91-67-65-89(9)66-68-91)45-36-26-22-30-40-53-86(93)97-70-61-79(50-35-19-11-2)84(82)52-21-13-4/h75-82H,3-4,10-11,14-19,22-50,53-74H2,1-2,5-9H3. The van der Waals surface area contributed by atoms with Crippen molar-refractivity contribution >= 4 is 23.9 Å². The van der Waals surface area contributed by atoms with Crippen molar-refractivity contribution in [2.24, 2.45) is 47.3 Å². The fourth-order valence-corrected chi connectivity index (χ4v) is 16.3. The second kappa shape index (κ2) is 60.3. The van der Waals surface area contributed by atoms with Crippen LogP contribution in [0.5, 0.6) is 0 Å². The van der Waals surface area contributed by atoms with Gasteiger partial charge in [-0.2, -0.15) is 0 Å². The van der Waals surface area contributed by atoms with Gasteiger partial charge in [-0.3, -0.25) is 19.2 Å². The average molecular weight is 1380 g/mol. The van der Waals surface area contributed by atoms with Gasteiger partial charge in [-0.05, 0) is 213 Å². The molecule has 0 N–H and O–H groups in total. The second-order valence-corrected chi connectivity index (χ2v) is 30.5. The number of carbonyl (C=O) groups excluding carboxylic acids is 4. The molecule has 8 atom stereocenters. The van der Waals surface area contributed by atoms with Gasteiger partial charge in [-0.15, -0.1) is 0 Å². The van der Waals surface area contributed by atoms with Crippen molar-refractivity contribution in [1.29, 1.82) is 0 Å². The molecule has 3 aliphatic heterocycles.